The molecular weight excluding hydrogens is 362 g/mol. The van der Waals surface area contributed by atoms with Crippen molar-refractivity contribution in [3.8, 4) is 0 Å². The van der Waals surface area contributed by atoms with Gasteiger partial charge in [-0.3, -0.25) is 9.69 Å². The topological polar surface area (TPSA) is 68.8 Å². The second-order valence-electron chi connectivity index (χ2n) is 7.45. The molecule has 154 valence electrons. The van der Waals surface area contributed by atoms with Crippen molar-refractivity contribution in [1.29, 1.82) is 0 Å². The molecule has 1 fully saturated rings. The monoisotopic (exact) mass is 393 g/mol. The predicted octanol–water partition coefficient (Wildman–Crippen LogP) is 2.84. The summed E-state index contributed by atoms with van der Waals surface area (Å²) in [6, 6.07) is 20.8. The minimum atomic E-state index is -0.126. The quantitative estimate of drug-likeness (QED) is 0.500. The van der Waals surface area contributed by atoms with Crippen molar-refractivity contribution in [2.75, 3.05) is 25.0 Å². The molecule has 1 aliphatic heterocycles. The molecule has 0 aromatic heterocycles. The van der Waals surface area contributed by atoms with Crippen LogP contribution in [0.5, 0.6) is 0 Å². The molecule has 1 aliphatic rings. The summed E-state index contributed by atoms with van der Waals surface area (Å²) >= 11 is 0. The summed E-state index contributed by atoms with van der Waals surface area (Å²) in [5.74, 6) is 0.563. The van der Waals surface area contributed by atoms with Gasteiger partial charge in [-0.1, -0.05) is 48.5 Å². The Hall–Kier alpha value is -2.86. The number of nitrogens with zero attached hydrogens (tertiary/aromatic N) is 2. The van der Waals surface area contributed by atoms with Crippen LogP contribution in [0.2, 0.25) is 0 Å². The van der Waals surface area contributed by atoms with Crippen LogP contribution < -0.4 is 16.0 Å². The Kier molecular flexibility index (Phi) is 7.64. The van der Waals surface area contributed by atoms with Crippen LogP contribution in [0.1, 0.15) is 25.8 Å². The molecule has 0 radical (unpaired) electrons. The molecule has 1 saturated heterocycles. The Balaban J connectivity index is 1.53. The maximum Gasteiger partial charge on any atom is 0.246 e. The number of para-hydroxylation sites is 1. The highest BCUT2D eigenvalue weighted by atomic mass is 16.1. The molecule has 29 heavy (non-hydrogen) atoms. The predicted molar refractivity (Wildman–Crippen MR) is 119 cm³/mol. The molecule has 6 heteroatoms. The van der Waals surface area contributed by atoms with Crippen molar-refractivity contribution in [3.05, 3.63) is 66.2 Å². The van der Waals surface area contributed by atoms with Gasteiger partial charge in [0, 0.05) is 37.4 Å². The summed E-state index contributed by atoms with van der Waals surface area (Å²) in [7, 11) is 0. The lowest BCUT2D eigenvalue weighted by Gasteiger charge is -2.21. The van der Waals surface area contributed by atoms with Gasteiger partial charge < -0.3 is 16.0 Å². The average Bonchev–Trinajstić information content (AvgIpc) is 3.06. The van der Waals surface area contributed by atoms with Crippen LogP contribution in [0.15, 0.2) is 65.7 Å². The Morgan fingerprint density at radius 3 is 2.48 bits per heavy atom. The van der Waals surface area contributed by atoms with Gasteiger partial charge in [-0.05, 0) is 38.0 Å². The number of carbonyl (C=O) groups excluding carboxylic acids is 1. The van der Waals surface area contributed by atoms with Crippen LogP contribution in [0.25, 0.3) is 0 Å². The molecule has 0 aliphatic carbocycles. The lowest BCUT2D eigenvalue weighted by atomic mass is 10.2. The summed E-state index contributed by atoms with van der Waals surface area (Å²) in [5, 5.41) is 9.61. The number of hydrogen-bond acceptors (Lipinski definition) is 3. The fraction of sp³-hybridized carbons (Fsp3) is 0.391. The van der Waals surface area contributed by atoms with Crippen LogP contribution >= 0.6 is 0 Å². The third kappa shape index (κ3) is 6.61. The number of nitrogens with one attached hydrogen (secondary N) is 3. The van der Waals surface area contributed by atoms with Gasteiger partial charge in [0.2, 0.25) is 5.91 Å². The van der Waals surface area contributed by atoms with E-state index in [2.05, 4.69) is 57.0 Å². The average molecular weight is 394 g/mol. The van der Waals surface area contributed by atoms with Gasteiger partial charge in [-0.25, -0.2) is 4.99 Å². The van der Waals surface area contributed by atoms with Gasteiger partial charge in [0.15, 0.2) is 5.96 Å². The number of likely N-dealkylation sites (tertiary alicyclic amines) is 1. The summed E-state index contributed by atoms with van der Waals surface area (Å²) in [6.45, 7) is 7.04. The molecule has 2 unspecified atom stereocenters. The van der Waals surface area contributed by atoms with E-state index in [1.165, 1.54) is 5.56 Å². The van der Waals surface area contributed by atoms with Gasteiger partial charge in [-0.2, -0.15) is 0 Å². The molecular formula is C23H31N5O. The van der Waals surface area contributed by atoms with E-state index in [0.717, 1.165) is 31.7 Å². The van der Waals surface area contributed by atoms with Crippen LogP contribution in [-0.2, 0) is 11.3 Å². The minimum Gasteiger partial charge on any atom is -0.357 e. The Morgan fingerprint density at radius 1 is 1.10 bits per heavy atom. The van der Waals surface area contributed by atoms with Crippen LogP contribution in [-0.4, -0.2) is 48.5 Å². The van der Waals surface area contributed by atoms with Gasteiger partial charge in [0.05, 0.1) is 0 Å². The largest absolute Gasteiger partial charge is 0.357 e. The molecule has 1 heterocycles. The van der Waals surface area contributed by atoms with E-state index < -0.39 is 0 Å². The van der Waals surface area contributed by atoms with Gasteiger partial charge in [-0.15, -0.1) is 0 Å². The first-order valence-electron chi connectivity index (χ1n) is 10.3. The van der Waals surface area contributed by atoms with E-state index in [1.807, 2.05) is 43.3 Å². The van der Waals surface area contributed by atoms with E-state index in [9.17, 15) is 4.79 Å². The highest BCUT2D eigenvalue weighted by Crippen LogP contribution is 2.20. The normalized spacial score (nSPS) is 19.7. The van der Waals surface area contributed by atoms with Crippen molar-refractivity contribution in [1.82, 2.24) is 15.5 Å². The maximum atomic E-state index is 12.2. The number of rotatable bonds is 7. The zero-order chi connectivity index (χ0) is 20.5. The van der Waals surface area contributed by atoms with E-state index in [1.54, 1.807) is 0 Å². The molecule has 2 aromatic carbocycles. The Labute approximate surface area is 173 Å². The van der Waals surface area contributed by atoms with Crippen LogP contribution in [0.4, 0.5) is 5.69 Å². The Bertz CT molecular complexity index is 793. The van der Waals surface area contributed by atoms with Gasteiger partial charge >= 0.3 is 0 Å². The number of amides is 1. The Morgan fingerprint density at radius 2 is 1.79 bits per heavy atom. The smallest absolute Gasteiger partial charge is 0.246 e. The van der Waals surface area contributed by atoms with Crippen LogP contribution in [0.3, 0.4) is 0 Å². The molecule has 3 N–H and O–H groups in total. The molecule has 6 nitrogen and oxygen atoms in total. The highest BCUT2D eigenvalue weighted by molar-refractivity contribution is 5.94. The third-order valence-electron chi connectivity index (χ3n) is 5.06. The number of anilines is 1. The van der Waals surface area contributed by atoms with Crippen LogP contribution in [0, 0.1) is 0 Å². The van der Waals surface area contributed by atoms with Crippen molar-refractivity contribution >= 4 is 17.6 Å². The lowest BCUT2D eigenvalue weighted by molar-refractivity contribution is -0.114. The lowest BCUT2D eigenvalue weighted by Crippen LogP contribution is -2.45. The van der Waals surface area contributed by atoms with E-state index in [-0.39, 0.29) is 12.5 Å². The van der Waals surface area contributed by atoms with E-state index >= 15 is 0 Å². The molecule has 3 rings (SSSR count). The number of hydrogen-bond donors (Lipinski definition) is 3. The second kappa shape index (κ2) is 10.6. The summed E-state index contributed by atoms with van der Waals surface area (Å²) < 4.78 is 0. The standard InChI is InChI=1S/C23H31N5O/c1-3-24-23(25-15-22(29)26-20-12-8-5-9-13-20)27-21-14-18(2)28(17-21)16-19-10-6-4-7-11-19/h4-13,18,21H,3,14-17H2,1-2H3,(H,26,29)(H2,24,25,27). The fourth-order valence-electron chi connectivity index (χ4n) is 3.63. The van der Waals surface area contributed by atoms with E-state index in [0.29, 0.717) is 18.0 Å². The number of guanidine groups is 1. The van der Waals surface area contributed by atoms with Crippen molar-refractivity contribution in [3.63, 3.8) is 0 Å². The SMILES string of the molecule is CCNC(=NCC(=O)Nc1ccccc1)NC1CC(C)N(Cc2ccccc2)C1. The first kappa shape index (κ1) is 20.9. The molecule has 2 atom stereocenters. The van der Waals surface area contributed by atoms with Crippen molar-refractivity contribution < 1.29 is 4.79 Å². The number of carbonyl (C=O) groups is 1. The molecule has 0 spiro atoms. The molecule has 1 amide bonds. The highest BCUT2D eigenvalue weighted by Gasteiger charge is 2.29. The number of aliphatic imine (C=N–C) groups is 1. The van der Waals surface area contributed by atoms with Crippen molar-refractivity contribution in [2.45, 2.75) is 38.9 Å². The van der Waals surface area contributed by atoms with E-state index in [4.69, 9.17) is 0 Å². The van der Waals surface area contributed by atoms with Crippen molar-refractivity contribution in [2.24, 2.45) is 4.99 Å². The molecule has 0 bridgehead atoms. The van der Waals surface area contributed by atoms with Gasteiger partial charge in [0.25, 0.3) is 0 Å². The fourth-order valence-corrected chi connectivity index (χ4v) is 3.63. The summed E-state index contributed by atoms with van der Waals surface area (Å²) in [4.78, 5) is 19.1. The molecule has 0 saturated carbocycles. The first-order valence-corrected chi connectivity index (χ1v) is 10.3. The zero-order valence-corrected chi connectivity index (χ0v) is 17.3. The maximum absolute atomic E-state index is 12.2. The summed E-state index contributed by atoms with van der Waals surface area (Å²) in [5.41, 5.74) is 2.12. The zero-order valence-electron chi connectivity index (χ0n) is 17.3. The summed E-state index contributed by atoms with van der Waals surface area (Å²) in [6.07, 6.45) is 1.05. The second-order valence-corrected chi connectivity index (χ2v) is 7.45. The molecule has 2 aromatic rings. The number of benzene rings is 2. The minimum absolute atomic E-state index is 0.0836. The van der Waals surface area contributed by atoms with Gasteiger partial charge in [0.1, 0.15) is 6.54 Å². The third-order valence-corrected chi connectivity index (χ3v) is 5.06. The first-order chi connectivity index (χ1) is 14.1.